The molecule has 0 unspecified atom stereocenters. The number of benzene rings is 2. The molecule has 0 bridgehead atoms. The van der Waals surface area contributed by atoms with E-state index in [1.165, 1.54) is 12.1 Å². The second-order valence-electron chi connectivity index (χ2n) is 9.36. The van der Waals surface area contributed by atoms with E-state index >= 15 is 0 Å². The van der Waals surface area contributed by atoms with Crippen LogP contribution in [0.15, 0.2) is 54.6 Å². The van der Waals surface area contributed by atoms with Gasteiger partial charge in [-0.3, -0.25) is 9.59 Å². The SMILES string of the molecule is CCC[C@H]1C(=O)N(CCOCc2cccc(F)c2)C[C@H]2N1C(=O)CN(C)N2C(=O)NCc1ccccc1. The number of hydrazine groups is 1. The molecule has 0 spiro atoms. The maximum atomic E-state index is 13.4. The summed E-state index contributed by atoms with van der Waals surface area (Å²) < 4.78 is 19.1. The Kier molecular flexibility index (Phi) is 8.73. The fourth-order valence-electron chi connectivity index (χ4n) is 4.90. The van der Waals surface area contributed by atoms with Crippen LogP contribution in [0.3, 0.4) is 0 Å². The van der Waals surface area contributed by atoms with Crippen molar-refractivity contribution in [2.45, 2.75) is 45.1 Å². The van der Waals surface area contributed by atoms with Crippen molar-refractivity contribution >= 4 is 17.8 Å². The van der Waals surface area contributed by atoms with Crippen LogP contribution in [0.5, 0.6) is 0 Å². The van der Waals surface area contributed by atoms with Crippen LogP contribution >= 0.6 is 0 Å². The zero-order chi connectivity index (χ0) is 26.4. The normalized spacial score (nSPS) is 20.2. The first-order valence-electron chi connectivity index (χ1n) is 12.6. The Morgan fingerprint density at radius 3 is 2.59 bits per heavy atom. The highest BCUT2D eigenvalue weighted by Gasteiger charge is 2.50. The monoisotopic (exact) mass is 511 g/mol. The molecule has 0 saturated carbocycles. The van der Waals surface area contributed by atoms with Crippen molar-refractivity contribution < 1.29 is 23.5 Å². The summed E-state index contributed by atoms with van der Waals surface area (Å²) in [5, 5.41) is 6.10. The number of hydrogen-bond donors (Lipinski definition) is 1. The number of carbonyl (C=O) groups is 3. The summed E-state index contributed by atoms with van der Waals surface area (Å²) >= 11 is 0. The van der Waals surface area contributed by atoms with Crippen LogP contribution in [0.4, 0.5) is 9.18 Å². The largest absolute Gasteiger partial charge is 0.375 e. The van der Waals surface area contributed by atoms with Gasteiger partial charge in [-0.25, -0.2) is 19.2 Å². The second-order valence-corrected chi connectivity index (χ2v) is 9.36. The summed E-state index contributed by atoms with van der Waals surface area (Å²) in [6.07, 6.45) is 0.595. The van der Waals surface area contributed by atoms with Gasteiger partial charge in [0.25, 0.3) is 0 Å². The number of ether oxygens (including phenoxy) is 1. The molecule has 2 aliphatic rings. The Balaban J connectivity index is 1.46. The predicted molar refractivity (Wildman–Crippen MR) is 135 cm³/mol. The van der Waals surface area contributed by atoms with Gasteiger partial charge in [-0.1, -0.05) is 55.8 Å². The topological polar surface area (TPSA) is 85.4 Å². The van der Waals surface area contributed by atoms with Crippen molar-refractivity contribution in [3.05, 3.63) is 71.5 Å². The highest BCUT2D eigenvalue weighted by atomic mass is 19.1. The van der Waals surface area contributed by atoms with E-state index in [-0.39, 0.29) is 50.0 Å². The van der Waals surface area contributed by atoms with Gasteiger partial charge in [-0.2, -0.15) is 0 Å². The van der Waals surface area contributed by atoms with E-state index < -0.39 is 12.2 Å². The summed E-state index contributed by atoms with van der Waals surface area (Å²) in [6, 6.07) is 14.8. The average Bonchev–Trinajstić information content (AvgIpc) is 2.88. The Morgan fingerprint density at radius 2 is 1.86 bits per heavy atom. The molecule has 198 valence electrons. The number of hydrogen-bond acceptors (Lipinski definition) is 5. The molecule has 2 fully saturated rings. The first kappa shape index (κ1) is 26.6. The molecule has 0 aliphatic carbocycles. The zero-order valence-corrected chi connectivity index (χ0v) is 21.3. The Hall–Kier alpha value is -3.50. The summed E-state index contributed by atoms with van der Waals surface area (Å²) in [5.74, 6) is -0.644. The number of halogens is 1. The molecule has 37 heavy (non-hydrogen) atoms. The molecule has 2 aliphatic heterocycles. The lowest BCUT2D eigenvalue weighted by Crippen LogP contribution is -2.76. The molecule has 2 saturated heterocycles. The van der Waals surface area contributed by atoms with Gasteiger partial charge in [0, 0.05) is 20.1 Å². The minimum absolute atomic E-state index is 0.0134. The fourth-order valence-corrected chi connectivity index (χ4v) is 4.90. The smallest absolute Gasteiger partial charge is 0.334 e. The summed E-state index contributed by atoms with van der Waals surface area (Å²) in [6.45, 7) is 3.28. The van der Waals surface area contributed by atoms with Crippen LogP contribution in [0, 0.1) is 5.82 Å². The van der Waals surface area contributed by atoms with Gasteiger partial charge in [-0.05, 0) is 29.7 Å². The first-order chi connectivity index (χ1) is 17.9. The highest BCUT2D eigenvalue weighted by Crippen LogP contribution is 2.27. The molecule has 0 aromatic heterocycles. The van der Waals surface area contributed by atoms with E-state index in [9.17, 15) is 18.8 Å². The minimum Gasteiger partial charge on any atom is -0.375 e. The van der Waals surface area contributed by atoms with Gasteiger partial charge in [0.1, 0.15) is 18.0 Å². The van der Waals surface area contributed by atoms with Crippen molar-refractivity contribution in [2.75, 3.05) is 33.3 Å². The molecule has 4 rings (SSSR count). The number of amides is 4. The maximum absolute atomic E-state index is 13.4. The van der Waals surface area contributed by atoms with Gasteiger partial charge in [0.2, 0.25) is 11.8 Å². The Morgan fingerprint density at radius 1 is 1.11 bits per heavy atom. The molecular formula is C27H34FN5O4. The Bertz CT molecular complexity index is 1100. The number of nitrogens with one attached hydrogen (secondary N) is 1. The number of nitrogens with zero attached hydrogens (tertiary/aromatic N) is 4. The van der Waals surface area contributed by atoms with Gasteiger partial charge in [0.15, 0.2) is 0 Å². The molecule has 0 radical (unpaired) electrons. The van der Waals surface area contributed by atoms with E-state index in [1.807, 2.05) is 37.3 Å². The van der Waals surface area contributed by atoms with Crippen LogP contribution in [0.1, 0.15) is 30.9 Å². The third-order valence-corrected chi connectivity index (χ3v) is 6.66. The molecule has 4 amide bonds. The fraction of sp³-hybridized carbons (Fsp3) is 0.444. The Labute approximate surface area is 216 Å². The van der Waals surface area contributed by atoms with Crippen molar-refractivity contribution in [1.82, 2.24) is 25.1 Å². The van der Waals surface area contributed by atoms with Crippen LogP contribution < -0.4 is 5.32 Å². The van der Waals surface area contributed by atoms with Gasteiger partial charge >= 0.3 is 6.03 Å². The van der Waals surface area contributed by atoms with E-state index in [1.54, 1.807) is 39.0 Å². The van der Waals surface area contributed by atoms with Crippen molar-refractivity contribution in [3.63, 3.8) is 0 Å². The standard InChI is InChI=1S/C27H34FN5O4/c1-3-8-23-26(35)31(13-14-37-19-21-11-7-12-22(28)15-21)17-24-32(23)25(34)18-30(2)33(24)27(36)29-16-20-9-5-4-6-10-20/h4-7,9-12,15,23-24H,3,8,13-14,16-19H2,1-2H3,(H,29,36)/t23-,24-/m0/s1. The van der Waals surface area contributed by atoms with Crippen LogP contribution in [0.25, 0.3) is 0 Å². The summed E-state index contributed by atoms with van der Waals surface area (Å²) in [5.41, 5.74) is 1.67. The first-order valence-corrected chi connectivity index (χ1v) is 12.6. The average molecular weight is 512 g/mol. The van der Waals surface area contributed by atoms with E-state index in [2.05, 4.69) is 5.32 Å². The third kappa shape index (κ3) is 6.26. The molecule has 2 atom stereocenters. The maximum Gasteiger partial charge on any atom is 0.334 e. The second kappa shape index (κ2) is 12.2. The lowest BCUT2D eigenvalue weighted by atomic mass is 10.0. The van der Waals surface area contributed by atoms with Crippen molar-refractivity contribution in [1.29, 1.82) is 0 Å². The van der Waals surface area contributed by atoms with Crippen molar-refractivity contribution in [3.8, 4) is 0 Å². The number of rotatable bonds is 9. The number of fused-ring (bicyclic) bond motifs is 1. The zero-order valence-electron chi connectivity index (χ0n) is 21.3. The number of likely N-dealkylation sites (N-methyl/N-ethyl adjacent to an activating group) is 1. The van der Waals surface area contributed by atoms with Crippen LogP contribution in [0.2, 0.25) is 0 Å². The van der Waals surface area contributed by atoms with Crippen LogP contribution in [-0.2, 0) is 27.5 Å². The molecule has 10 heteroatoms. The van der Waals surface area contributed by atoms with E-state index in [0.29, 0.717) is 31.5 Å². The highest BCUT2D eigenvalue weighted by molar-refractivity contribution is 5.91. The lowest BCUT2D eigenvalue weighted by molar-refractivity contribution is -0.188. The molecule has 2 heterocycles. The molecule has 1 N–H and O–H groups in total. The summed E-state index contributed by atoms with van der Waals surface area (Å²) in [4.78, 5) is 43.0. The van der Waals surface area contributed by atoms with Crippen molar-refractivity contribution in [2.24, 2.45) is 0 Å². The summed E-state index contributed by atoms with van der Waals surface area (Å²) in [7, 11) is 1.70. The van der Waals surface area contributed by atoms with Gasteiger partial charge < -0.3 is 19.9 Å². The minimum atomic E-state index is -0.641. The lowest BCUT2D eigenvalue weighted by Gasteiger charge is -2.54. The van der Waals surface area contributed by atoms with Gasteiger partial charge in [0.05, 0.1) is 26.3 Å². The van der Waals surface area contributed by atoms with E-state index in [0.717, 1.165) is 5.56 Å². The number of piperazine rings is 1. The third-order valence-electron chi connectivity index (χ3n) is 6.66. The quantitative estimate of drug-likeness (QED) is 0.523. The number of urea groups is 1. The predicted octanol–water partition coefficient (Wildman–Crippen LogP) is 2.58. The molecule has 2 aromatic carbocycles. The van der Waals surface area contributed by atoms with E-state index in [4.69, 9.17) is 4.74 Å². The molecule has 9 nitrogen and oxygen atoms in total. The molecule has 2 aromatic rings. The van der Waals surface area contributed by atoms with Crippen LogP contribution in [-0.4, -0.2) is 83.2 Å². The molecular weight excluding hydrogens is 477 g/mol. The number of carbonyl (C=O) groups excluding carboxylic acids is 3. The van der Waals surface area contributed by atoms with Gasteiger partial charge in [-0.15, -0.1) is 0 Å².